The number of aliphatic imine (C=N–C) groups is 1. The molecule has 0 bridgehead atoms. The minimum absolute atomic E-state index is 0. The van der Waals surface area contributed by atoms with E-state index in [9.17, 15) is 0 Å². The summed E-state index contributed by atoms with van der Waals surface area (Å²) in [6.45, 7) is 5.14. The summed E-state index contributed by atoms with van der Waals surface area (Å²) in [7, 11) is 6.49. The van der Waals surface area contributed by atoms with Crippen LogP contribution in [0.1, 0.15) is 36.8 Å². The molecule has 1 aromatic heterocycles. The molecule has 0 aliphatic heterocycles. The normalized spacial score (nSPS) is 11.0. The number of aromatic nitrogens is 1. The van der Waals surface area contributed by atoms with E-state index in [1.54, 1.807) is 28.4 Å². The van der Waals surface area contributed by atoms with Gasteiger partial charge >= 0.3 is 0 Å². The molecule has 0 radical (unpaired) electrons. The molecular formula is C19H29IN4O4. The number of guanidine groups is 1. The maximum atomic E-state index is 5.50. The van der Waals surface area contributed by atoms with Crippen molar-refractivity contribution in [3.8, 4) is 17.2 Å². The van der Waals surface area contributed by atoms with Gasteiger partial charge in [0, 0.05) is 25.2 Å². The van der Waals surface area contributed by atoms with E-state index in [0.717, 1.165) is 17.0 Å². The third-order valence-electron chi connectivity index (χ3n) is 4.05. The van der Waals surface area contributed by atoms with Crippen molar-refractivity contribution in [2.24, 2.45) is 4.99 Å². The van der Waals surface area contributed by atoms with Gasteiger partial charge < -0.3 is 29.4 Å². The van der Waals surface area contributed by atoms with Gasteiger partial charge in [0.25, 0.3) is 0 Å². The van der Waals surface area contributed by atoms with Crippen molar-refractivity contribution in [2.75, 3.05) is 28.4 Å². The molecule has 0 saturated heterocycles. The van der Waals surface area contributed by atoms with Crippen LogP contribution in [0.2, 0.25) is 0 Å². The molecule has 0 saturated carbocycles. The lowest BCUT2D eigenvalue weighted by molar-refractivity contribution is 0.322. The van der Waals surface area contributed by atoms with Gasteiger partial charge in [-0.25, -0.2) is 0 Å². The Morgan fingerprint density at radius 2 is 1.75 bits per heavy atom. The molecule has 28 heavy (non-hydrogen) atoms. The van der Waals surface area contributed by atoms with E-state index in [1.165, 1.54) is 0 Å². The van der Waals surface area contributed by atoms with E-state index in [0.29, 0.717) is 42.2 Å². The van der Waals surface area contributed by atoms with Crippen molar-refractivity contribution in [1.29, 1.82) is 0 Å². The molecule has 0 unspecified atom stereocenters. The van der Waals surface area contributed by atoms with Crippen LogP contribution in [0.3, 0.4) is 0 Å². The number of methoxy groups -OCH3 is 3. The topological polar surface area (TPSA) is 90.1 Å². The third-order valence-corrected chi connectivity index (χ3v) is 4.05. The highest BCUT2D eigenvalue weighted by molar-refractivity contribution is 14.0. The molecule has 1 heterocycles. The van der Waals surface area contributed by atoms with Gasteiger partial charge in [-0.3, -0.25) is 4.99 Å². The Bertz CT molecular complexity index is 777. The average Bonchev–Trinajstić information content (AvgIpc) is 3.16. The number of hydrogen-bond acceptors (Lipinski definition) is 6. The summed E-state index contributed by atoms with van der Waals surface area (Å²) in [5.41, 5.74) is 1.85. The van der Waals surface area contributed by atoms with Gasteiger partial charge in [0.15, 0.2) is 23.2 Å². The Morgan fingerprint density at radius 3 is 2.29 bits per heavy atom. The van der Waals surface area contributed by atoms with Crippen LogP contribution in [0.15, 0.2) is 27.7 Å². The number of rotatable bonds is 8. The van der Waals surface area contributed by atoms with Gasteiger partial charge in [0.1, 0.15) is 0 Å². The molecule has 0 fully saturated rings. The fourth-order valence-electron chi connectivity index (χ4n) is 2.56. The van der Waals surface area contributed by atoms with Crippen molar-refractivity contribution in [3.05, 3.63) is 35.2 Å². The van der Waals surface area contributed by atoms with Gasteiger partial charge in [-0.05, 0) is 18.1 Å². The molecule has 9 heteroatoms. The van der Waals surface area contributed by atoms with Crippen LogP contribution in [0.25, 0.3) is 0 Å². The first kappa shape index (κ1) is 23.9. The SMILES string of the molecule is CN=C(NCc1cc(C(C)C)no1)NCc1ccc(OC)c(OC)c1OC.I. The maximum absolute atomic E-state index is 5.50. The predicted octanol–water partition coefficient (Wildman–Crippen LogP) is 3.31. The van der Waals surface area contributed by atoms with Gasteiger partial charge in [0.2, 0.25) is 5.75 Å². The summed E-state index contributed by atoms with van der Waals surface area (Å²) in [6.07, 6.45) is 0. The van der Waals surface area contributed by atoms with Gasteiger partial charge in [-0.1, -0.05) is 19.0 Å². The lowest BCUT2D eigenvalue weighted by Gasteiger charge is -2.17. The summed E-state index contributed by atoms with van der Waals surface area (Å²) in [5.74, 6) is 3.52. The second-order valence-corrected chi connectivity index (χ2v) is 6.15. The molecule has 2 rings (SSSR count). The van der Waals surface area contributed by atoms with Crippen LogP contribution in [0.5, 0.6) is 17.2 Å². The molecule has 156 valence electrons. The zero-order valence-corrected chi connectivity index (χ0v) is 19.5. The Labute approximate surface area is 183 Å². The first-order chi connectivity index (χ1) is 13.0. The molecule has 0 spiro atoms. The molecule has 2 aromatic rings. The highest BCUT2D eigenvalue weighted by Gasteiger charge is 2.16. The lowest BCUT2D eigenvalue weighted by Crippen LogP contribution is -2.36. The van der Waals surface area contributed by atoms with Crippen molar-refractivity contribution in [1.82, 2.24) is 15.8 Å². The molecule has 0 atom stereocenters. The lowest BCUT2D eigenvalue weighted by atomic mass is 10.1. The van der Waals surface area contributed by atoms with Crippen LogP contribution in [-0.2, 0) is 13.1 Å². The zero-order valence-electron chi connectivity index (χ0n) is 17.2. The molecule has 0 amide bonds. The molecule has 2 N–H and O–H groups in total. The van der Waals surface area contributed by atoms with Crippen LogP contribution in [-0.4, -0.2) is 39.5 Å². The van der Waals surface area contributed by atoms with E-state index in [2.05, 4.69) is 34.6 Å². The zero-order chi connectivity index (χ0) is 19.8. The van der Waals surface area contributed by atoms with Gasteiger partial charge in [0.05, 0.1) is 33.6 Å². The number of nitrogens with one attached hydrogen (secondary N) is 2. The van der Waals surface area contributed by atoms with Crippen molar-refractivity contribution < 1.29 is 18.7 Å². The summed E-state index contributed by atoms with van der Waals surface area (Å²) in [4.78, 5) is 4.23. The van der Waals surface area contributed by atoms with Crippen LogP contribution in [0, 0.1) is 0 Å². The fourth-order valence-corrected chi connectivity index (χ4v) is 2.56. The van der Waals surface area contributed by atoms with E-state index in [1.807, 2.05) is 18.2 Å². The van der Waals surface area contributed by atoms with Crippen LogP contribution < -0.4 is 24.8 Å². The molecule has 1 aromatic carbocycles. The molecule has 0 aliphatic carbocycles. The van der Waals surface area contributed by atoms with Gasteiger partial charge in [-0.15, -0.1) is 24.0 Å². The number of hydrogen-bond donors (Lipinski definition) is 2. The number of ether oxygens (including phenoxy) is 3. The van der Waals surface area contributed by atoms with Crippen molar-refractivity contribution in [2.45, 2.75) is 32.9 Å². The third kappa shape index (κ3) is 5.91. The first-order valence-electron chi connectivity index (χ1n) is 8.71. The smallest absolute Gasteiger partial charge is 0.203 e. The summed E-state index contributed by atoms with van der Waals surface area (Å²) < 4.78 is 21.6. The minimum Gasteiger partial charge on any atom is -0.493 e. The predicted molar refractivity (Wildman–Crippen MR) is 119 cm³/mol. The Balaban J connectivity index is 0.00000392. The van der Waals surface area contributed by atoms with E-state index in [4.69, 9.17) is 18.7 Å². The second kappa shape index (κ2) is 11.6. The van der Waals surface area contributed by atoms with Crippen molar-refractivity contribution in [3.63, 3.8) is 0 Å². The van der Waals surface area contributed by atoms with E-state index < -0.39 is 0 Å². The van der Waals surface area contributed by atoms with E-state index >= 15 is 0 Å². The Hall–Kier alpha value is -2.17. The van der Waals surface area contributed by atoms with Crippen LogP contribution >= 0.6 is 24.0 Å². The largest absolute Gasteiger partial charge is 0.493 e. The minimum atomic E-state index is 0. The molecule has 8 nitrogen and oxygen atoms in total. The molecular weight excluding hydrogens is 475 g/mol. The highest BCUT2D eigenvalue weighted by Crippen LogP contribution is 2.39. The van der Waals surface area contributed by atoms with Crippen molar-refractivity contribution >= 4 is 29.9 Å². The average molecular weight is 504 g/mol. The quantitative estimate of drug-likeness (QED) is 0.324. The summed E-state index contributed by atoms with van der Waals surface area (Å²) in [6, 6.07) is 5.71. The number of benzene rings is 1. The Kier molecular flexibility index (Phi) is 9.91. The standard InChI is InChI=1S/C19H28N4O4.HI/c1-12(2)15-9-14(27-23-15)11-22-19(20-3)21-10-13-7-8-16(24-4)18(26-6)17(13)25-5;/h7-9,12H,10-11H2,1-6H3,(H2,20,21,22);1H. The molecule has 0 aliphatic rings. The number of halogens is 1. The summed E-state index contributed by atoms with van der Waals surface area (Å²) in [5, 5.41) is 10.5. The highest BCUT2D eigenvalue weighted by atomic mass is 127. The maximum Gasteiger partial charge on any atom is 0.203 e. The first-order valence-corrected chi connectivity index (χ1v) is 8.71. The van der Waals surface area contributed by atoms with Gasteiger partial charge in [-0.2, -0.15) is 0 Å². The second-order valence-electron chi connectivity index (χ2n) is 6.15. The monoisotopic (exact) mass is 504 g/mol. The van der Waals surface area contributed by atoms with E-state index in [-0.39, 0.29) is 24.0 Å². The fraction of sp³-hybridized carbons (Fsp3) is 0.474. The summed E-state index contributed by atoms with van der Waals surface area (Å²) >= 11 is 0. The number of nitrogens with zero attached hydrogens (tertiary/aromatic N) is 2. The Morgan fingerprint density at radius 1 is 1.07 bits per heavy atom. The van der Waals surface area contributed by atoms with Crippen LogP contribution in [0.4, 0.5) is 0 Å².